The SMILES string of the molecule is Br.Cc1cnc2cccc(Br)n12.Cc1cnc2cccc(Br)n12. The molecule has 4 heterocycles. The quantitative estimate of drug-likeness (QED) is 0.302. The Kier molecular flexibility index (Phi) is 6.00. The van der Waals surface area contributed by atoms with Crippen LogP contribution in [-0.4, -0.2) is 18.8 Å². The fraction of sp³-hybridized carbons (Fsp3) is 0.125. The number of aryl methyl sites for hydroxylation is 2. The summed E-state index contributed by atoms with van der Waals surface area (Å²) in [7, 11) is 0. The molecule has 0 unspecified atom stereocenters. The normalized spacial score (nSPS) is 10.3. The van der Waals surface area contributed by atoms with Gasteiger partial charge in [-0.15, -0.1) is 17.0 Å². The molecular weight excluding hydrogens is 488 g/mol. The smallest absolute Gasteiger partial charge is 0.137 e. The summed E-state index contributed by atoms with van der Waals surface area (Å²) in [4.78, 5) is 8.42. The molecule has 4 aromatic heterocycles. The lowest BCUT2D eigenvalue weighted by Crippen LogP contribution is -1.87. The van der Waals surface area contributed by atoms with Gasteiger partial charge in [0.25, 0.3) is 0 Å². The van der Waals surface area contributed by atoms with E-state index in [0.29, 0.717) is 0 Å². The van der Waals surface area contributed by atoms with Gasteiger partial charge in [-0.3, -0.25) is 8.80 Å². The Morgan fingerprint density at radius 3 is 1.48 bits per heavy atom. The standard InChI is InChI=1S/2C8H7BrN2.BrH/c2*1-6-5-10-8-4-2-3-7(9)11(6)8;/h2*2-5H,1H3;1H. The fourth-order valence-corrected chi connectivity index (χ4v) is 3.51. The maximum Gasteiger partial charge on any atom is 0.137 e. The van der Waals surface area contributed by atoms with Gasteiger partial charge in [-0.25, -0.2) is 9.97 Å². The molecule has 0 atom stereocenters. The van der Waals surface area contributed by atoms with Gasteiger partial charge in [-0.1, -0.05) is 12.1 Å². The van der Waals surface area contributed by atoms with E-state index in [0.717, 1.165) is 31.9 Å². The monoisotopic (exact) mass is 500 g/mol. The molecule has 0 saturated heterocycles. The van der Waals surface area contributed by atoms with E-state index in [-0.39, 0.29) is 17.0 Å². The number of rotatable bonds is 0. The fourth-order valence-electron chi connectivity index (χ4n) is 2.28. The first-order valence-corrected chi connectivity index (χ1v) is 8.33. The molecule has 0 spiro atoms. The highest BCUT2D eigenvalue weighted by Crippen LogP contribution is 2.15. The van der Waals surface area contributed by atoms with Gasteiger partial charge >= 0.3 is 0 Å². The van der Waals surface area contributed by atoms with Gasteiger partial charge in [0.15, 0.2) is 0 Å². The van der Waals surface area contributed by atoms with Crippen molar-refractivity contribution in [3.8, 4) is 0 Å². The van der Waals surface area contributed by atoms with Crippen LogP contribution in [0.4, 0.5) is 0 Å². The molecule has 4 rings (SSSR count). The second-order valence-electron chi connectivity index (χ2n) is 4.88. The molecular formula is C16H15Br3N4. The summed E-state index contributed by atoms with van der Waals surface area (Å²) in [6.45, 7) is 4.06. The molecule has 0 aliphatic carbocycles. The van der Waals surface area contributed by atoms with Crippen molar-refractivity contribution in [1.29, 1.82) is 0 Å². The third-order valence-electron chi connectivity index (χ3n) is 3.32. The second kappa shape index (κ2) is 7.59. The first-order valence-electron chi connectivity index (χ1n) is 6.75. The molecule has 0 aliphatic heterocycles. The Morgan fingerprint density at radius 1 is 0.739 bits per heavy atom. The maximum absolute atomic E-state index is 4.21. The van der Waals surface area contributed by atoms with Gasteiger partial charge in [0.2, 0.25) is 0 Å². The predicted octanol–water partition coefficient (Wildman–Crippen LogP) is 5.39. The minimum Gasteiger partial charge on any atom is -0.291 e. The third-order valence-corrected chi connectivity index (χ3v) is 4.55. The van der Waals surface area contributed by atoms with Gasteiger partial charge in [-0.05, 0) is 70.0 Å². The number of hydrogen-bond donors (Lipinski definition) is 0. The van der Waals surface area contributed by atoms with Gasteiger partial charge in [0.05, 0.1) is 9.21 Å². The van der Waals surface area contributed by atoms with Crippen LogP contribution in [-0.2, 0) is 0 Å². The summed E-state index contributed by atoms with van der Waals surface area (Å²) >= 11 is 6.90. The number of imidazole rings is 2. The molecule has 7 heteroatoms. The Morgan fingerprint density at radius 2 is 1.13 bits per heavy atom. The van der Waals surface area contributed by atoms with Crippen LogP contribution in [0.5, 0.6) is 0 Å². The van der Waals surface area contributed by atoms with E-state index in [4.69, 9.17) is 0 Å². The van der Waals surface area contributed by atoms with Crippen LogP contribution in [0.15, 0.2) is 58.0 Å². The highest BCUT2D eigenvalue weighted by molar-refractivity contribution is 9.10. The van der Waals surface area contributed by atoms with Crippen molar-refractivity contribution in [3.63, 3.8) is 0 Å². The minimum atomic E-state index is 0. The summed E-state index contributed by atoms with van der Waals surface area (Å²) in [5.74, 6) is 0. The molecule has 0 fully saturated rings. The first kappa shape index (κ1) is 18.2. The summed E-state index contributed by atoms with van der Waals surface area (Å²) < 4.78 is 6.20. The molecule has 0 saturated carbocycles. The van der Waals surface area contributed by atoms with Crippen molar-refractivity contribution in [2.45, 2.75) is 13.8 Å². The number of halogens is 3. The van der Waals surface area contributed by atoms with E-state index < -0.39 is 0 Å². The van der Waals surface area contributed by atoms with Crippen molar-refractivity contribution in [2.24, 2.45) is 0 Å². The number of nitrogens with zero attached hydrogens (tertiary/aromatic N) is 4. The Hall–Kier alpha value is -1.18. The average molecular weight is 503 g/mol. The molecule has 0 amide bonds. The highest BCUT2D eigenvalue weighted by atomic mass is 79.9. The predicted molar refractivity (Wildman–Crippen MR) is 106 cm³/mol. The van der Waals surface area contributed by atoms with Gasteiger partial charge < -0.3 is 0 Å². The molecule has 0 bridgehead atoms. The number of aromatic nitrogens is 4. The van der Waals surface area contributed by atoms with E-state index >= 15 is 0 Å². The molecule has 0 N–H and O–H groups in total. The molecule has 120 valence electrons. The summed E-state index contributed by atoms with van der Waals surface area (Å²) in [6, 6.07) is 11.9. The van der Waals surface area contributed by atoms with Gasteiger partial charge in [0, 0.05) is 23.8 Å². The molecule has 4 aromatic rings. The van der Waals surface area contributed by atoms with Crippen molar-refractivity contribution in [1.82, 2.24) is 18.8 Å². The second-order valence-corrected chi connectivity index (χ2v) is 6.51. The highest BCUT2D eigenvalue weighted by Gasteiger charge is 2.00. The van der Waals surface area contributed by atoms with E-state index in [1.165, 1.54) is 0 Å². The third kappa shape index (κ3) is 3.67. The van der Waals surface area contributed by atoms with E-state index in [9.17, 15) is 0 Å². The zero-order valence-electron chi connectivity index (χ0n) is 12.6. The topological polar surface area (TPSA) is 34.6 Å². The van der Waals surface area contributed by atoms with Crippen molar-refractivity contribution < 1.29 is 0 Å². The largest absolute Gasteiger partial charge is 0.291 e. The van der Waals surface area contributed by atoms with Crippen molar-refractivity contribution in [3.05, 3.63) is 69.4 Å². The maximum atomic E-state index is 4.21. The van der Waals surface area contributed by atoms with Crippen LogP contribution in [0.3, 0.4) is 0 Å². The van der Waals surface area contributed by atoms with E-state index in [1.807, 2.05) is 62.6 Å². The molecule has 0 aliphatic rings. The van der Waals surface area contributed by atoms with Crippen LogP contribution < -0.4 is 0 Å². The average Bonchev–Trinajstić information content (AvgIpc) is 3.06. The molecule has 4 nitrogen and oxygen atoms in total. The summed E-state index contributed by atoms with van der Waals surface area (Å²) in [5, 5.41) is 0. The lowest BCUT2D eigenvalue weighted by Gasteiger charge is -1.97. The van der Waals surface area contributed by atoms with Crippen LogP contribution in [0.25, 0.3) is 11.3 Å². The zero-order chi connectivity index (χ0) is 15.7. The van der Waals surface area contributed by atoms with Crippen LogP contribution in [0, 0.1) is 13.8 Å². The first-order chi connectivity index (χ1) is 10.6. The van der Waals surface area contributed by atoms with Crippen LogP contribution in [0.2, 0.25) is 0 Å². The van der Waals surface area contributed by atoms with Gasteiger partial charge in [-0.2, -0.15) is 0 Å². The van der Waals surface area contributed by atoms with E-state index in [1.54, 1.807) is 0 Å². The molecule has 0 aromatic carbocycles. The van der Waals surface area contributed by atoms with Gasteiger partial charge in [0.1, 0.15) is 11.3 Å². The van der Waals surface area contributed by atoms with Crippen molar-refractivity contribution >= 4 is 60.1 Å². The minimum absolute atomic E-state index is 0. The number of pyridine rings is 2. The van der Waals surface area contributed by atoms with Crippen LogP contribution >= 0.6 is 48.8 Å². The summed E-state index contributed by atoms with van der Waals surface area (Å²) in [6.07, 6.45) is 3.72. The number of hydrogen-bond acceptors (Lipinski definition) is 2. The zero-order valence-corrected chi connectivity index (χ0v) is 17.5. The summed E-state index contributed by atoms with van der Waals surface area (Å²) in [5.41, 5.74) is 4.26. The Labute approximate surface area is 161 Å². The molecule has 23 heavy (non-hydrogen) atoms. The van der Waals surface area contributed by atoms with E-state index in [2.05, 4.69) is 50.6 Å². The van der Waals surface area contributed by atoms with Crippen molar-refractivity contribution in [2.75, 3.05) is 0 Å². The lowest BCUT2D eigenvalue weighted by atomic mass is 10.4. The van der Waals surface area contributed by atoms with Crippen LogP contribution in [0.1, 0.15) is 11.4 Å². The number of fused-ring (bicyclic) bond motifs is 2. The lowest BCUT2D eigenvalue weighted by molar-refractivity contribution is 1.08. The Balaban J connectivity index is 0.000000160. The molecule has 0 radical (unpaired) electrons. The Bertz CT molecular complexity index is 865.